The number of carbonyl (C=O) groups excluding carboxylic acids is 1. The standard InChI is InChI=1S/C41H35Cl2FN6O2/c1-21-29-17-34(33-16-27(20-49(33)41(51)23-10-11-23)52-26-7-2-5-22(13-26)18-46)50(39-25-15-32(39)47-19-25)40(29)30-14-24(6-4-12-45)35(37(44)38(30)48-21)28-8-3-9-31(42)36(28)43/h2-3,5,7-9,13-14,17,23,25,27,32-33,39,47H,4,6,10-11,15-16,19-20H2,1H3/t25-,27+,32-,33-,39+/m1/s1. The van der Waals surface area contributed by atoms with Crippen molar-refractivity contribution < 1.29 is 13.9 Å². The van der Waals surface area contributed by atoms with E-state index in [2.05, 4.69) is 28.1 Å². The van der Waals surface area contributed by atoms with Gasteiger partial charge in [-0.05, 0) is 80.5 Å². The molecule has 5 fully saturated rings. The maximum absolute atomic E-state index is 17.2. The Labute approximate surface area is 310 Å². The van der Waals surface area contributed by atoms with E-state index >= 15 is 4.39 Å². The van der Waals surface area contributed by atoms with Crippen LogP contribution in [0.3, 0.4) is 0 Å². The van der Waals surface area contributed by atoms with Gasteiger partial charge in [-0.3, -0.25) is 4.79 Å². The molecule has 0 spiro atoms. The van der Waals surface area contributed by atoms with Crippen molar-refractivity contribution in [1.82, 2.24) is 19.8 Å². The van der Waals surface area contributed by atoms with E-state index in [4.69, 9.17) is 32.9 Å². The number of nitriles is 2. The topological polar surface area (TPSA) is 107 Å². The number of likely N-dealkylation sites (tertiary alicyclic amines) is 1. The fourth-order valence-electron chi connectivity index (χ4n) is 8.90. The lowest BCUT2D eigenvalue weighted by Gasteiger charge is -2.39. The molecule has 0 unspecified atom stereocenters. The molecule has 5 atom stereocenters. The van der Waals surface area contributed by atoms with Crippen LogP contribution < -0.4 is 10.1 Å². The first kappa shape index (κ1) is 33.2. The Bertz CT molecular complexity index is 2380. The molecule has 3 saturated heterocycles. The van der Waals surface area contributed by atoms with E-state index in [1.54, 1.807) is 36.4 Å². The van der Waals surface area contributed by atoms with Gasteiger partial charge in [-0.2, -0.15) is 10.5 Å². The highest BCUT2D eigenvalue weighted by atomic mass is 35.5. The van der Waals surface area contributed by atoms with E-state index in [0.29, 0.717) is 69.4 Å². The van der Waals surface area contributed by atoms with Crippen LogP contribution in [-0.4, -0.2) is 45.6 Å². The summed E-state index contributed by atoms with van der Waals surface area (Å²) in [5.41, 5.74) is 4.77. The van der Waals surface area contributed by atoms with Gasteiger partial charge in [0.25, 0.3) is 0 Å². The summed E-state index contributed by atoms with van der Waals surface area (Å²) >= 11 is 13.1. The van der Waals surface area contributed by atoms with Crippen LogP contribution in [0.25, 0.3) is 32.9 Å². The Morgan fingerprint density at radius 1 is 1.10 bits per heavy atom. The van der Waals surface area contributed by atoms with Gasteiger partial charge in [0.15, 0.2) is 5.82 Å². The molecule has 3 aliphatic heterocycles. The van der Waals surface area contributed by atoms with Crippen LogP contribution in [0.1, 0.15) is 66.7 Å². The lowest BCUT2D eigenvalue weighted by atomic mass is 9.79. The first-order chi connectivity index (χ1) is 25.2. The smallest absolute Gasteiger partial charge is 0.226 e. The lowest BCUT2D eigenvalue weighted by molar-refractivity contribution is -0.133. The van der Waals surface area contributed by atoms with Crippen LogP contribution in [-0.2, 0) is 11.2 Å². The second kappa shape index (κ2) is 12.8. The number of carbonyl (C=O) groups is 1. The number of hydrogen-bond acceptors (Lipinski definition) is 6. The van der Waals surface area contributed by atoms with Crippen LogP contribution >= 0.6 is 23.2 Å². The number of halogens is 3. The first-order valence-electron chi connectivity index (χ1n) is 17.9. The van der Waals surface area contributed by atoms with E-state index in [1.807, 2.05) is 24.0 Å². The Kier molecular flexibility index (Phi) is 8.15. The van der Waals surface area contributed by atoms with Crippen molar-refractivity contribution in [2.45, 2.75) is 69.7 Å². The van der Waals surface area contributed by atoms with Gasteiger partial charge in [0.2, 0.25) is 5.91 Å². The minimum Gasteiger partial charge on any atom is -0.488 e. The summed E-state index contributed by atoms with van der Waals surface area (Å²) < 4.78 is 26.1. The average Bonchev–Trinajstić information content (AvgIpc) is 3.43. The van der Waals surface area contributed by atoms with Crippen molar-refractivity contribution in [2.24, 2.45) is 11.8 Å². The summed E-state index contributed by atoms with van der Waals surface area (Å²) in [4.78, 5) is 20.9. The zero-order valence-electron chi connectivity index (χ0n) is 28.5. The number of benzene rings is 3. The van der Waals surface area contributed by atoms with Crippen molar-refractivity contribution >= 4 is 50.9 Å². The van der Waals surface area contributed by atoms with Crippen molar-refractivity contribution in [2.75, 3.05) is 13.1 Å². The first-order valence-corrected chi connectivity index (χ1v) is 18.7. The van der Waals surface area contributed by atoms with Crippen molar-refractivity contribution in [3.8, 4) is 29.0 Å². The van der Waals surface area contributed by atoms with Crippen LogP contribution in [0.4, 0.5) is 4.39 Å². The second-order valence-electron chi connectivity index (χ2n) is 14.7. The van der Waals surface area contributed by atoms with Crippen LogP contribution in [0.15, 0.2) is 54.6 Å². The molecule has 2 aliphatic carbocycles. The van der Waals surface area contributed by atoms with E-state index in [-0.39, 0.29) is 53.0 Å². The van der Waals surface area contributed by atoms with Gasteiger partial charge in [-0.1, -0.05) is 41.4 Å². The van der Waals surface area contributed by atoms with Gasteiger partial charge in [0.05, 0.1) is 51.9 Å². The van der Waals surface area contributed by atoms with Crippen LogP contribution in [0.2, 0.25) is 10.0 Å². The molecule has 262 valence electrons. The molecule has 8 nitrogen and oxygen atoms in total. The quantitative estimate of drug-likeness (QED) is 0.171. The SMILES string of the molecule is Cc1nc2c(F)c(-c3cccc(Cl)c3Cl)c(CCC#N)cc2c2c1cc([C@H]1C[C@H](Oc3cccc(C#N)c3)CN1C(=O)C1CC1)n2[C@H]1[C@H]2CN[C@@H]1C2. The molecule has 3 aromatic carbocycles. The molecule has 2 bridgehead atoms. The fraction of sp³-hybridized carbons (Fsp3) is 0.366. The highest BCUT2D eigenvalue weighted by molar-refractivity contribution is 6.43. The Hall–Kier alpha value is -4.67. The van der Waals surface area contributed by atoms with Gasteiger partial charge in [0, 0.05) is 64.6 Å². The van der Waals surface area contributed by atoms with Gasteiger partial charge < -0.3 is 19.5 Å². The summed E-state index contributed by atoms with van der Waals surface area (Å²) in [5.74, 6) is 0.654. The zero-order chi connectivity index (χ0) is 35.8. The Balaban J connectivity index is 1.25. The van der Waals surface area contributed by atoms with Crippen molar-refractivity contribution in [3.63, 3.8) is 0 Å². The van der Waals surface area contributed by atoms with Gasteiger partial charge in [-0.25, -0.2) is 9.37 Å². The van der Waals surface area contributed by atoms with Gasteiger partial charge in [0.1, 0.15) is 17.4 Å². The Morgan fingerprint density at radius 3 is 2.65 bits per heavy atom. The second-order valence-corrected chi connectivity index (χ2v) is 15.5. The van der Waals surface area contributed by atoms with Crippen molar-refractivity contribution in [3.05, 3.63) is 93.0 Å². The molecule has 0 radical (unpaired) electrons. The molecule has 1 amide bonds. The van der Waals surface area contributed by atoms with Crippen molar-refractivity contribution in [1.29, 1.82) is 10.5 Å². The molecule has 1 N–H and O–H groups in total. The number of rotatable bonds is 8. The third-order valence-electron chi connectivity index (χ3n) is 11.5. The predicted molar refractivity (Wildman–Crippen MR) is 198 cm³/mol. The normalized spacial score (nSPS) is 23.5. The van der Waals surface area contributed by atoms with Gasteiger partial charge >= 0.3 is 0 Å². The monoisotopic (exact) mass is 732 g/mol. The molecule has 2 aromatic heterocycles. The molecule has 52 heavy (non-hydrogen) atoms. The number of nitrogens with zero attached hydrogens (tertiary/aromatic N) is 5. The molecular weight excluding hydrogens is 698 g/mol. The molecule has 11 heteroatoms. The molecule has 5 heterocycles. The summed E-state index contributed by atoms with van der Waals surface area (Å²) in [6, 6.07) is 21.0. The van der Waals surface area contributed by atoms with E-state index < -0.39 is 5.82 Å². The van der Waals surface area contributed by atoms with Crippen LogP contribution in [0.5, 0.6) is 5.75 Å². The summed E-state index contributed by atoms with van der Waals surface area (Å²) in [6.45, 7) is 3.24. The van der Waals surface area contributed by atoms with E-state index in [0.717, 1.165) is 42.4 Å². The maximum Gasteiger partial charge on any atom is 0.226 e. The summed E-state index contributed by atoms with van der Waals surface area (Å²) in [6.07, 6.45) is 3.63. The summed E-state index contributed by atoms with van der Waals surface area (Å²) in [5, 5.41) is 24.9. The number of ether oxygens (including phenoxy) is 1. The third-order valence-corrected chi connectivity index (χ3v) is 12.3. The largest absolute Gasteiger partial charge is 0.488 e. The van der Waals surface area contributed by atoms with E-state index in [9.17, 15) is 15.3 Å². The number of fused-ring (bicyclic) bond motifs is 4. The Morgan fingerprint density at radius 2 is 1.92 bits per heavy atom. The molecule has 2 saturated carbocycles. The minimum atomic E-state index is -0.497. The number of aryl methyl sites for hydroxylation is 2. The zero-order valence-corrected chi connectivity index (χ0v) is 30.0. The molecule has 10 rings (SSSR count). The van der Waals surface area contributed by atoms with E-state index in [1.165, 1.54) is 0 Å². The molecule has 5 aliphatic rings. The number of aromatic nitrogens is 2. The fourth-order valence-corrected chi connectivity index (χ4v) is 9.30. The maximum atomic E-state index is 17.2. The number of pyridine rings is 1. The highest BCUT2D eigenvalue weighted by Gasteiger charge is 2.51. The third kappa shape index (κ3) is 5.33. The average molecular weight is 734 g/mol. The number of hydrogen-bond donors (Lipinski definition) is 1. The highest BCUT2D eigenvalue weighted by Crippen LogP contribution is 2.51. The lowest BCUT2D eigenvalue weighted by Crippen LogP contribution is -2.41. The molecule has 5 aromatic rings. The number of amides is 1. The predicted octanol–water partition coefficient (Wildman–Crippen LogP) is 8.60. The molecular formula is C41H35Cl2FN6O2. The summed E-state index contributed by atoms with van der Waals surface area (Å²) in [7, 11) is 0. The van der Waals surface area contributed by atoms with Crippen LogP contribution in [0, 0.1) is 47.2 Å². The number of nitrogens with one attached hydrogen (secondary N) is 1. The minimum absolute atomic E-state index is 0.0142. The van der Waals surface area contributed by atoms with Gasteiger partial charge in [-0.15, -0.1) is 0 Å².